The van der Waals surface area contributed by atoms with Gasteiger partial charge < -0.3 is 4.57 Å². The minimum Gasteiger partial charge on any atom is -0.309 e. The van der Waals surface area contributed by atoms with Crippen LogP contribution in [0.15, 0.2) is 133 Å². The lowest BCUT2D eigenvalue weighted by atomic mass is 9.88. The van der Waals surface area contributed by atoms with Gasteiger partial charge in [-0.2, -0.15) is 5.26 Å². The van der Waals surface area contributed by atoms with E-state index in [0.717, 1.165) is 55.4 Å². The molecule has 0 spiro atoms. The normalized spacial score (nSPS) is 12.1. The van der Waals surface area contributed by atoms with Crippen LogP contribution in [0.1, 0.15) is 16.7 Å². The molecule has 1 aliphatic rings. The van der Waals surface area contributed by atoms with Crippen LogP contribution in [-0.2, 0) is 11.0 Å². The molecule has 0 fully saturated rings. The van der Waals surface area contributed by atoms with Crippen molar-refractivity contribution in [2.75, 3.05) is 0 Å². The first-order chi connectivity index (χ1) is 19.2. The summed E-state index contributed by atoms with van der Waals surface area (Å²) in [7, 11) is -3.26. The molecule has 0 N–H and O–H groups in total. The van der Waals surface area contributed by atoms with E-state index in [0.29, 0.717) is 5.56 Å². The van der Waals surface area contributed by atoms with Gasteiger partial charge in [-0.25, -0.2) is 0 Å². The maximum absolute atomic E-state index is 15.8. The van der Waals surface area contributed by atoms with Crippen molar-refractivity contribution < 1.29 is 4.57 Å². The van der Waals surface area contributed by atoms with Crippen molar-refractivity contribution in [3.63, 3.8) is 0 Å². The molecule has 3 heteroatoms. The monoisotopic (exact) mass is 517 g/mol. The van der Waals surface area contributed by atoms with Crippen LogP contribution in [-0.4, -0.2) is 0 Å². The van der Waals surface area contributed by atoms with Crippen molar-refractivity contribution in [1.82, 2.24) is 0 Å². The van der Waals surface area contributed by atoms with E-state index in [-0.39, 0.29) is 0 Å². The standard InChI is InChI=1S/C36H24NOP/c37-24-25-19-21-26(22-20-25)34-31-17-9-10-18-32(31)36(33-23-27-11-7-8-16-30(27)35(33)34)39(38,28-12-3-1-4-13-28)29-14-5-2-6-15-29/h1-22H,23H2. The highest BCUT2D eigenvalue weighted by Crippen LogP contribution is 2.53. The van der Waals surface area contributed by atoms with E-state index >= 15 is 4.57 Å². The van der Waals surface area contributed by atoms with E-state index in [4.69, 9.17) is 0 Å². The minimum absolute atomic E-state index is 0.634. The Morgan fingerprint density at radius 2 is 1.15 bits per heavy atom. The summed E-state index contributed by atoms with van der Waals surface area (Å²) in [5.41, 5.74) is 7.53. The lowest BCUT2D eigenvalue weighted by Crippen LogP contribution is -2.28. The van der Waals surface area contributed by atoms with Gasteiger partial charge in [0.1, 0.15) is 0 Å². The fraction of sp³-hybridized carbons (Fsp3) is 0.0278. The van der Waals surface area contributed by atoms with Crippen molar-refractivity contribution in [1.29, 1.82) is 5.26 Å². The molecule has 0 aromatic heterocycles. The van der Waals surface area contributed by atoms with Gasteiger partial charge in [0.15, 0.2) is 7.14 Å². The van der Waals surface area contributed by atoms with Gasteiger partial charge in [0.2, 0.25) is 0 Å². The summed E-state index contributed by atoms with van der Waals surface area (Å²) in [5.74, 6) is 0. The molecule has 1 aliphatic carbocycles. The van der Waals surface area contributed by atoms with Gasteiger partial charge in [-0.05, 0) is 62.7 Å². The Morgan fingerprint density at radius 1 is 0.590 bits per heavy atom. The summed E-state index contributed by atoms with van der Waals surface area (Å²) in [6.07, 6.45) is 0.721. The van der Waals surface area contributed by atoms with Crippen molar-refractivity contribution in [3.8, 4) is 28.3 Å². The third-order valence-corrected chi connectivity index (χ3v) is 11.0. The molecule has 0 amide bonds. The van der Waals surface area contributed by atoms with Crippen LogP contribution in [0, 0.1) is 11.3 Å². The second kappa shape index (κ2) is 9.25. The van der Waals surface area contributed by atoms with Gasteiger partial charge in [-0.3, -0.25) is 0 Å². The first-order valence-corrected chi connectivity index (χ1v) is 14.8. The van der Waals surface area contributed by atoms with Crippen LogP contribution in [0.5, 0.6) is 0 Å². The molecule has 2 nitrogen and oxygen atoms in total. The summed E-state index contributed by atoms with van der Waals surface area (Å²) in [6.45, 7) is 0. The number of rotatable bonds is 4. The first kappa shape index (κ1) is 23.4. The van der Waals surface area contributed by atoms with Gasteiger partial charge in [0.25, 0.3) is 0 Å². The van der Waals surface area contributed by atoms with Crippen molar-refractivity contribution in [2.45, 2.75) is 6.42 Å². The smallest absolute Gasteiger partial charge is 0.171 e. The Balaban J connectivity index is 1.67. The van der Waals surface area contributed by atoms with Crippen LogP contribution in [0.25, 0.3) is 33.0 Å². The Hall–Kier alpha value is -4.70. The summed E-state index contributed by atoms with van der Waals surface area (Å²) in [4.78, 5) is 0. The molecule has 7 rings (SSSR count). The molecule has 0 saturated heterocycles. The zero-order chi connectivity index (χ0) is 26.4. The molecule has 0 atom stereocenters. The third kappa shape index (κ3) is 3.59. The van der Waals surface area contributed by atoms with Gasteiger partial charge in [-0.1, -0.05) is 121 Å². The van der Waals surface area contributed by atoms with Crippen molar-refractivity contribution >= 4 is 33.8 Å². The first-order valence-electron chi connectivity index (χ1n) is 13.1. The molecule has 0 radical (unpaired) electrons. The Bertz CT molecular complexity index is 1910. The zero-order valence-electron chi connectivity index (χ0n) is 21.2. The SMILES string of the molecule is N#Cc1ccc(-c2c3c(c(P(=O)(c4ccccc4)c4ccccc4)c4ccccc24)Cc2ccccc2-3)cc1. The Morgan fingerprint density at radius 3 is 1.79 bits per heavy atom. The van der Waals surface area contributed by atoms with E-state index in [1.54, 1.807) is 0 Å². The fourth-order valence-electron chi connectivity index (χ4n) is 6.11. The van der Waals surface area contributed by atoms with E-state index in [2.05, 4.69) is 48.5 Å². The van der Waals surface area contributed by atoms with Crippen LogP contribution in [0.4, 0.5) is 0 Å². The molecular weight excluding hydrogens is 493 g/mol. The van der Waals surface area contributed by atoms with Crippen LogP contribution < -0.4 is 15.9 Å². The molecule has 0 heterocycles. The lowest BCUT2D eigenvalue weighted by molar-refractivity contribution is 0.592. The predicted molar refractivity (Wildman–Crippen MR) is 162 cm³/mol. The largest absolute Gasteiger partial charge is 0.309 e. The Kier molecular flexibility index (Phi) is 5.55. The number of hydrogen-bond acceptors (Lipinski definition) is 2. The molecular formula is C36H24NOP. The highest BCUT2D eigenvalue weighted by molar-refractivity contribution is 7.85. The maximum atomic E-state index is 15.8. The van der Waals surface area contributed by atoms with Gasteiger partial charge in [0.05, 0.1) is 11.6 Å². The molecule has 0 unspecified atom stereocenters. The summed E-state index contributed by atoms with van der Waals surface area (Å²) < 4.78 is 15.8. The van der Waals surface area contributed by atoms with E-state index in [1.807, 2.05) is 91.0 Å². The molecule has 0 aliphatic heterocycles. The van der Waals surface area contributed by atoms with Crippen molar-refractivity contribution in [2.24, 2.45) is 0 Å². The van der Waals surface area contributed by atoms with Crippen LogP contribution in [0.3, 0.4) is 0 Å². The predicted octanol–water partition coefficient (Wildman–Crippen LogP) is 7.59. The van der Waals surface area contributed by atoms with Gasteiger partial charge in [0, 0.05) is 15.9 Å². The quantitative estimate of drug-likeness (QED) is 0.226. The van der Waals surface area contributed by atoms with E-state index in [9.17, 15) is 5.26 Å². The average Bonchev–Trinajstić information content (AvgIpc) is 3.39. The summed E-state index contributed by atoms with van der Waals surface area (Å²) in [6, 6.07) is 46.9. The molecule has 6 aromatic carbocycles. The highest BCUT2D eigenvalue weighted by Gasteiger charge is 2.38. The summed E-state index contributed by atoms with van der Waals surface area (Å²) in [5, 5.41) is 14.1. The van der Waals surface area contributed by atoms with Gasteiger partial charge in [-0.15, -0.1) is 0 Å². The second-order valence-electron chi connectivity index (χ2n) is 9.93. The molecule has 0 saturated carbocycles. The molecule has 0 bridgehead atoms. The number of hydrogen-bond donors (Lipinski definition) is 0. The lowest BCUT2D eigenvalue weighted by Gasteiger charge is -2.26. The summed E-state index contributed by atoms with van der Waals surface area (Å²) >= 11 is 0. The topological polar surface area (TPSA) is 40.9 Å². The number of nitriles is 1. The fourth-order valence-corrected chi connectivity index (χ4v) is 9.21. The van der Waals surface area contributed by atoms with Crippen molar-refractivity contribution in [3.05, 3.63) is 150 Å². The Labute approximate surface area is 228 Å². The molecule has 6 aromatic rings. The van der Waals surface area contributed by atoms with E-state index in [1.165, 1.54) is 11.1 Å². The highest BCUT2D eigenvalue weighted by atomic mass is 31.2. The zero-order valence-corrected chi connectivity index (χ0v) is 22.1. The number of benzene rings is 6. The van der Waals surface area contributed by atoms with Crippen LogP contribution in [0.2, 0.25) is 0 Å². The minimum atomic E-state index is -3.26. The van der Waals surface area contributed by atoms with E-state index < -0.39 is 7.14 Å². The molecule has 39 heavy (non-hydrogen) atoms. The maximum Gasteiger partial charge on any atom is 0.171 e. The molecule has 184 valence electrons. The van der Waals surface area contributed by atoms with Gasteiger partial charge >= 0.3 is 0 Å². The number of fused-ring (bicyclic) bond motifs is 4. The third-order valence-electron chi connectivity index (χ3n) is 7.80. The average molecular weight is 518 g/mol. The number of nitrogens with zero attached hydrogens (tertiary/aromatic N) is 1. The second-order valence-corrected chi connectivity index (χ2v) is 12.6. The van der Waals surface area contributed by atoms with Crippen LogP contribution >= 0.6 is 7.14 Å².